The molecular weight excluding hydrogens is 204 g/mol. The summed E-state index contributed by atoms with van der Waals surface area (Å²) in [5, 5.41) is 3.14. The zero-order valence-corrected chi connectivity index (χ0v) is 9.82. The summed E-state index contributed by atoms with van der Waals surface area (Å²) < 4.78 is 10.6. The molecule has 0 aromatic heterocycles. The van der Waals surface area contributed by atoms with Crippen LogP contribution in [0.15, 0.2) is 18.2 Å². The van der Waals surface area contributed by atoms with Crippen molar-refractivity contribution in [3.05, 3.63) is 23.8 Å². The molecule has 1 heterocycles. The molecule has 0 radical (unpaired) electrons. The summed E-state index contributed by atoms with van der Waals surface area (Å²) in [6.07, 6.45) is 0. The van der Waals surface area contributed by atoms with Gasteiger partial charge in [0.25, 0.3) is 0 Å². The van der Waals surface area contributed by atoms with Gasteiger partial charge in [-0.3, -0.25) is 0 Å². The SMILES string of the molecule is CNCCN(C)Cc1ccc2c(c1)OCO2. The van der Waals surface area contributed by atoms with Crippen molar-refractivity contribution >= 4 is 0 Å². The predicted molar refractivity (Wildman–Crippen MR) is 62.8 cm³/mol. The summed E-state index contributed by atoms with van der Waals surface area (Å²) in [5.41, 5.74) is 1.25. The summed E-state index contributed by atoms with van der Waals surface area (Å²) in [6.45, 7) is 3.30. The van der Waals surface area contributed by atoms with E-state index in [0.29, 0.717) is 6.79 Å². The van der Waals surface area contributed by atoms with Crippen LogP contribution < -0.4 is 14.8 Å². The lowest BCUT2D eigenvalue weighted by atomic mass is 10.2. The molecule has 0 bridgehead atoms. The van der Waals surface area contributed by atoms with E-state index in [9.17, 15) is 0 Å². The molecule has 0 saturated heterocycles. The maximum atomic E-state index is 5.35. The minimum Gasteiger partial charge on any atom is -0.454 e. The van der Waals surface area contributed by atoms with E-state index < -0.39 is 0 Å². The Morgan fingerprint density at radius 1 is 1.31 bits per heavy atom. The average Bonchev–Trinajstić information content (AvgIpc) is 2.73. The van der Waals surface area contributed by atoms with E-state index in [1.54, 1.807) is 0 Å². The molecule has 88 valence electrons. The molecule has 4 heteroatoms. The van der Waals surface area contributed by atoms with Gasteiger partial charge in [-0.05, 0) is 31.8 Å². The largest absolute Gasteiger partial charge is 0.454 e. The van der Waals surface area contributed by atoms with Crippen LogP contribution in [0.3, 0.4) is 0 Å². The fourth-order valence-electron chi connectivity index (χ4n) is 1.73. The Kier molecular flexibility index (Phi) is 3.64. The highest BCUT2D eigenvalue weighted by Crippen LogP contribution is 2.32. The van der Waals surface area contributed by atoms with E-state index in [-0.39, 0.29) is 0 Å². The van der Waals surface area contributed by atoms with Crippen molar-refractivity contribution in [2.24, 2.45) is 0 Å². The van der Waals surface area contributed by atoms with Gasteiger partial charge in [0.1, 0.15) is 0 Å². The first-order valence-corrected chi connectivity index (χ1v) is 5.51. The molecule has 0 unspecified atom stereocenters. The molecule has 4 nitrogen and oxygen atoms in total. The van der Waals surface area contributed by atoms with Crippen LogP contribution in [0.4, 0.5) is 0 Å². The van der Waals surface area contributed by atoms with Crippen LogP contribution in [-0.2, 0) is 6.54 Å². The number of benzene rings is 1. The number of nitrogens with one attached hydrogen (secondary N) is 1. The Morgan fingerprint density at radius 3 is 2.94 bits per heavy atom. The van der Waals surface area contributed by atoms with Gasteiger partial charge in [-0.25, -0.2) is 0 Å². The van der Waals surface area contributed by atoms with Crippen molar-refractivity contribution in [2.75, 3.05) is 34.0 Å². The van der Waals surface area contributed by atoms with Gasteiger partial charge in [-0.2, -0.15) is 0 Å². The Morgan fingerprint density at radius 2 is 2.12 bits per heavy atom. The number of fused-ring (bicyclic) bond motifs is 1. The predicted octanol–water partition coefficient (Wildman–Crippen LogP) is 1.07. The summed E-state index contributed by atoms with van der Waals surface area (Å²) in [5.74, 6) is 1.71. The maximum Gasteiger partial charge on any atom is 0.231 e. The summed E-state index contributed by atoms with van der Waals surface area (Å²) in [4.78, 5) is 2.27. The lowest BCUT2D eigenvalue weighted by molar-refractivity contribution is 0.174. The normalized spacial score (nSPS) is 13.4. The highest BCUT2D eigenvalue weighted by atomic mass is 16.7. The highest BCUT2D eigenvalue weighted by molar-refractivity contribution is 5.44. The first-order valence-electron chi connectivity index (χ1n) is 5.51. The molecule has 0 spiro atoms. The van der Waals surface area contributed by atoms with E-state index in [1.165, 1.54) is 5.56 Å². The molecule has 0 saturated carbocycles. The second-order valence-electron chi connectivity index (χ2n) is 4.03. The number of nitrogens with zero attached hydrogens (tertiary/aromatic N) is 1. The van der Waals surface area contributed by atoms with Gasteiger partial charge < -0.3 is 19.7 Å². The second kappa shape index (κ2) is 5.18. The van der Waals surface area contributed by atoms with E-state index in [4.69, 9.17) is 9.47 Å². The third-order valence-electron chi connectivity index (χ3n) is 2.63. The fourth-order valence-corrected chi connectivity index (χ4v) is 1.73. The van der Waals surface area contributed by atoms with Crippen LogP contribution >= 0.6 is 0 Å². The molecule has 1 N–H and O–H groups in total. The Labute approximate surface area is 96.2 Å². The van der Waals surface area contributed by atoms with Crippen LogP contribution in [0.5, 0.6) is 11.5 Å². The van der Waals surface area contributed by atoms with E-state index >= 15 is 0 Å². The topological polar surface area (TPSA) is 33.7 Å². The van der Waals surface area contributed by atoms with Crippen molar-refractivity contribution in [3.8, 4) is 11.5 Å². The Hall–Kier alpha value is -1.26. The molecule has 1 aliphatic rings. The van der Waals surface area contributed by atoms with Crippen molar-refractivity contribution in [3.63, 3.8) is 0 Å². The van der Waals surface area contributed by atoms with Crippen molar-refractivity contribution < 1.29 is 9.47 Å². The number of ether oxygens (including phenoxy) is 2. The van der Waals surface area contributed by atoms with E-state index in [1.807, 2.05) is 13.1 Å². The fraction of sp³-hybridized carbons (Fsp3) is 0.500. The summed E-state index contributed by atoms with van der Waals surface area (Å²) in [7, 11) is 4.08. The van der Waals surface area contributed by atoms with Crippen LogP contribution in [0, 0.1) is 0 Å². The minimum atomic E-state index is 0.342. The number of hydrogen-bond donors (Lipinski definition) is 1. The smallest absolute Gasteiger partial charge is 0.231 e. The van der Waals surface area contributed by atoms with Gasteiger partial charge in [-0.15, -0.1) is 0 Å². The second-order valence-corrected chi connectivity index (χ2v) is 4.03. The summed E-state index contributed by atoms with van der Waals surface area (Å²) in [6, 6.07) is 6.12. The third-order valence-corrected chi connectivity index (χ3v) is 2.63. The lowest BCUT2D eigenvalue weighted by Crippen LogP contribution is -2.26. The van der Waals surface area contributed by atoms with Gasteiger partial charge >= 0.3 is 0 Å². The van der Waals surface area contributed by atoms with Gasteiger partial charge in [0, 0.05) is 19.6 Å². The van der Waals surface area contributed by atoms with Crippen molar-refractivity contribution in [1.82, 2.24) is 10.2 Å². The van der Waals surface area contributed by atoms with E-state index in [2.05, 4.69) is 29.4 Å². The molecular formula is C12H18N2O2. The first kappa shape index (κ1) is 11.2. The highest BCUT2D eigenvalue weighted by Gasteiger charge is 2.13. The number of hydrogen-bond acceptors (Lipinski definition) is 4. The van der Waals surface area contributed by atoms with Gasteiger partial charge in [-0.1, -0.05) is 6.07 Å². The third kappa shape index (κ3) is 2.65. The molecule has 1 aromatic rings. The lowest BCUT2D eigenvalue weighted by Gasteiger charge is -2.16. The Balaban J connectivity index is 1.94. The van der Waals surface area contributed by atoms with Gasteiger partial charge in [0.2, 0.25) is 6.79 Å². The first-order chi connectivity index (χ1) is 7.79. The maximum absolute atomic E-state index is 5.35. The standard InChI is InChI=1S/C12H18N2O2/c1-13-5-6-14(2)8-10-3-4-11-12(7-10)16-9-15-11/h3-4,7,13H,5-6,8-9H2,1-2H3. The average molecular weight is 222 g/mol. The molecule has 1 aliphatic heterocycles. The van der Waals surface area contributed by atoms with Crippen LogP contribution in [0.25, 0.3) is 0 Å². The Bertz CT molecular complexity index is 355. The van der Waals surface area contributed by atoms with Crippen molar-refractivity contribution in [1.29, 1.82) is 0 Å². The molecule has 1 aromatic carbocycles. The summed E-state index contributed by atoms with van der Waals surface area (Å²) >= 11 is 0. The number of likely N-dealkylation sites (N-methyl/N-ethyl adjacent to an activating group) is 2. The van der Waals surface area contributed by atoms with Crippen LogP contribution in [0.2, 0.25) is 0 Å². The number of rotatable bonds is 5. The molecule has 0 atom stereocenters. The molecule has 0 aliphatic carbocycles. The molecule has 16 heavy (non-hydrogen) atoms. The monoisotopic (exact) mass is 222 g/mol. The van der Waals surface area contributed by atoms with Gasteiger partial charge in [0.05, 0.1) is 0 Å². The van der Waals surface area contributed by atoms with Crippen molar-refractivity contribution in [2.45, 2.75) is 6.54 Å². The minimum absolute atomic E-state index is 0.342. The van der Waals surface area contributed by atoms with Crippen LogP contribution in [0.1, 0.15) is 5.56 Å². The van der Waals surface area contributed by atoms with Gasteiger partial charge in [0.15, 0.2) is 11.5 Å². The quantitative estimate of drug-likeness (QED) is 0.808. The molecule has 0 fully saturated rings. The molecule has 2 rings (SSSR count). The zero-order chi connectivity index (χ0) is 11.4. The zero-order valence-electron chi connectivity index (χ0n) is 9.82. The van der Waals surface area contributed by atoms with Crippen LogP contribution in [-0.4, -0.2) is 38.9 Å². The van der Waals surface area contributed by atoms with E-state index in [0.717, 1.165) is 31.1 Å². The molecule has 0 amide bonds.